The van der Waals surface area contributed by atoms with Crippen LogP contribution in [-0.2, 0) is 6.61 Å². The number of benzene rings is 3. The molecule has 0 saturated heterocycles. The van der Waals surface area contributed by atoms with Gasteiger partial charge in [0.1, 0.15) is 12.4 Å². The number of halogens is 2. The minimum Gasteiger partial charge on any atom is -0.488 e. The zero-order chi connectivity index (χ0) is 17.6. The molecule has 0 aliphatic carbocycles. The predicted molar refractivity (Wildman–Crippen MR) is 106 cm³/mol. The number of hydrogen-bond donors (Lipinski definition) is 0. The topological polar surface area (TPSA) is 21.6 Å². The average Bonchev–Trinajstić information content (AvgIpc) is 2.60. The summed E-state index contributed by atoms with van der Waals surface area (Å²) in [5.74, 6) is 0.722. The van der Waals surface area contributed by atoms with Gasteiger partial charge in [0.15, 0.2) is 0 Å². The zero-order valence-corrected chi connectivity index (χ0v) is 15.3. The molecule has 0 bridgehead atoms. The normalized spacial score (nSPS) is 11.0. The van der Waals surface area contributed by atoms with Crippen molar-refractivity contribution >= 4 is 35.1 Å². The molecule has 0 aliphatic rings. The van der Waals surface area contributed by atoms with Crippen LogP contribution in [0.2, 0.25) is 10.0 Å². The second-order valence-corrected chi connectivity index (χ2v) is 6.57. The number of aryl methyl sites for hydroxylation is 1. The van der Waals surface area contributed by atoms with Gasteiger partial charge in [-0.25, -0.2) is 0 Å². The number of ether oxygens (including phenoxy) is 1. The van der Waals surface area contributed by atoms with Gasteiger partial charge in [0.05, 0.1) is 5.69 Å². The monoisotopic (exact) mass is 369 g/mol. The maximum Gasteiger partial charge on any atom is 0.128 e. The fourth-order valence-electron chi connectivity index (χ4n) is 2.31. The minimum atomic E-state index is 0.424. The smallest absolute Gasteiger partial charge is 0.128 e. The molecule has 0 aromatic heterocycles. The van der Waals surface area contributed by atoms with Gasteiger partial charge in [0.25, 0.3) is 0 Å². The van der Waals surface area contributed by atoms with Crippen LogP contribution < -0.4 is 4.74 Å². The fraction of sp³-hybridized carbons (Fsp3) is 0.0952. The van der Waals surface area contributed by atoms with E-state index in [0.29, 0.717) is 16.7 Å². The van der Waals surface area contributed by atoms with Crippen LogP contribution in [-0.4, -0.2) is 6.21 Å². The van der Waals surface area contributed by atoms with E-state index >= 15 is 0 Å². The Bertz CT molecular complexity index is 889. The summed E-state index contributed by atoms with van der Waals surface area (Å²) in [6, 6.07) is 21.1. The quantitative estimate of drug-likeness (QED) is 0.462. The van der Waals surface area contributed by atoms with Gasteiger partial charge >= 0.3 is 0 Å². The standard InChI is InChI=1S/C21H17Cl2NO/c1-15-5-8-20(9-6-15)24-13-17-12-19(23)7-10-21(17)25-14-16-3-2-4-18(22)11-16/h2-13H,14H2,1H3. The summed E-state index contributed by atoms with van der Waals surface area (Å²) >= 11 is 12.1. The molecule has 25 heavy (non-hydrogen) atoms. The van der Waals surface area contributed by atoms with Gasteiger partial charge in [-0.05, 0) is 55.0 Å². The molecule has 0 saturated carbocycles. The maximum atomic E-state index is 6.12. The third-order valence-corrected chi connectivity index (χ3v) is 4.11. The Morgan fingerprint density at radius 2 is 1.68 bits per heavy atom. The van der Waals surface area contributed by atoms with Crippen LogP contribution in [0.3, 0.4) is 0 Å². The van der Waals surface area contributed by atoms with Crippen molar-refractivity contribution < 1.29 is 4.74 Å². The lowest BCUT2D eigenvalue weighted by molar-refractivity contribution is 0.306. The summed E-state index contributed by atoms with van der Waals surface area (Å²) in [7, 11) is 0. The zero-order valence-electron chi connectivity index (χ0n) is 13.7. The Labute approximate surface area is 157 Å². The van der Waals surface area contributed by atoms with Crippen molar-refractivity contribution in [3.05, 3.63) is 93.5 Å². The first kappa shape index (κ1) is 17.5. The van der Waals surface area contributed by atoms with Crippen molar-refractivity contribution in [2.24, 2.45) is 4.99 Å². The molecule has 126 valence electrons. The maximum absolute atomic E-state index is 6.12. The molecule has 0 amide bonds. The summed E-state index contributed by atoms with van der Waals surface area (Å²) in [4.78, 5) is 4.50. The molecule has 3 aromatic rings. The van der Waals surface area contributed by atoms with E-state index in [1.165, 1.54) is 5.56 Å². The molecule has 0 radical (unpaired) electrons. The molecule has 4 heteroatoms. The average molecular weight is 370 g/mol. The van der Waals surface area contributed by atoms with Crippen LogP contribution in [0, 0.1) is 6.92 Å². The molecule has 0 heterocycles. The van der Waals surface area contributed by atoms with Crippen molar-refractivity contribution in [1.82, 2.24) is 0 Å². The van der Waals surface area contributed by atoms with E-state index in [-0.39, 0.29) is 0 Å². The van der Waals surface area contributed by atoms with Crippen LogP contribution in [0.1, 0.15) is 16.7 Å². The van der Waals surface area contributed by atoms with Crippen molar-refractivity contribution in [3.63, 3.8) is 0 Å². The molecule has 0 atom stereocenters. The molecule has 0 fully saturated rings. The van der Waals surface area contributed by atoms with Crippen LogP contribution in [0.4, 0.5) is 5.69 Å². The largest absolute Gasteiger partial charge is 0.488 e. The molecule has 0 unspecified atom stereocenters. The Morgan fingerprint density at radius 3 is 2.44 bits per heavy atom. The number of aliphatic imine (C=N–C) groups is 1. The highest BCUT2D eigenvalue weighted by Gasteiger charge is 2.04. The van der Waals surface area contributed by atoms with E-state index in [9.17, 15) is 0 Å². The van der Waals surface area contributed by atoms with Crippen LogP contribution >= 0.6 is 23.2 Å². The lowest BCUT2D eigenvalue weighted by Gasteiger charge is -2.10. The number of hydrogen-bond acceptors (Lipinski definition) is 2. The third-order valence-electron chi connectivity index (χ3n) is 3.64. The highest BCUT2D eigenvalue weighted by Crippen LogP contribution is 2.24. The number of rotatable bonds is 5. The van der Waals surface area contributed by atoms with Gasteiger partial charge in [0, 0.05) is 21.8 Å². The van der Waals surface area contributed by atoms with Crippen LogP contribution in [0.5, 0.6) is 5.75 Å². The Balaban J connectivity index is 1.79. The van der Waals surface area contributed by atoms with Gasteiger partial charge in [0.2, 0.25) is 0 Å². The van der Waals surface area contributed by atoms with E-state index in [0.717, 1.165) is 22.6 Å². The predicted octanol–water partition coefficient (Wildman–Crippen LogP) is 6.63. The van der Waals surface area contributed by atoms with E-state index < -0.39 is 0 Å². The molecule has 0 aliphatic heterocycles. The molecular weight excluding hydrogens is 353 g/mol. The first-order valence-electron chi connectivity index (χ1n) is 7.88. The first-order chi connectivity index (χ1) is 12.1. The molecule has 3 rings (SSSR count). The fourth-order valence-corrected chi connectivity index (χ4v) is 2.71. The lowest BCUT2D eigenvalue weighted by Crippen LogP contribution is -1.98. The summed E-state index contributed by atoms with van der Waals surface area (Å²) in [6.45, 7) is 2.47. The van der Waals surface area contributed by atoms with E-state index in [1.807, 2.05) is 67.6 Å². The Hall–Kier alpha value is -2.29. The van der Waals surface area contributed by atoms with Crippen molar-refractivity contribution in [2.75, 3.05) is 0 Å². The number of nitrogens with zero attached hydrogens (tertiary/aromatic N) is 1. The summed E-state index contributed by atoms with van der Waals surface area (Å²) in [6.07, 6.45) is 1.77. The van der Waals surface area contributed by atoms with Crippen molar-refractivity contribution in [2.45, 2.75) is 13.5 Å². The lowest BCUT2D eigenvalue weighted by atomic mass is 10.2. The first-order valence-corrected chi connectivity index (χ1v) is 8.63. The van der Waals surface area contributed by atoms with Gasteiger partial charge < -0.3 is 4.74 Å². The second-order valence-electron chi connectivity index (χ2n) is 5.69. The van der Waals surface area contributed by atoms with Crippen LogP contribution in [0.25, 0.3) is 0 Å². The highest BCUT2D eigenvalue weighted by molar-refractivity contribution is 6.31. The molecule has 3 aromatic carbocycles. The molecule has 2 nitrogen and oxygen atoms in total. The van der Waals surface area contributed by atoms with Crippen LogP contribution in [0.15, 0.2) is 71.7 Å². The molecule has 0 N–H and O–H groups in total. The van der Waals surface area contributed by atoms with Gasteiger partial charge in [-0.1, -0.05) is 53.0 Å². The summed E-state index contributed by atoms with van der Waals surface area (Å²) in [5, 5.41) is 1.33. The van der Waals surface area contributed by atoms with Gasteiger partial charge in [-0.3, -0.25) is 4.99 Å². The van der Waals surface area contributed by atoms with Gasteiger partial charge in [-0.15, -0.1) is 0 Å². The van der Waals surface area contributed by atoms with Crippen molar-refractivity contribution in [3.8, 4) is 5.75 Å². The molecular formula is C21H17Cl2NO. The molecule has 0 spiro atoms. The van der Waals surface area contributed by atoms with E-state index in [2.05, 4.69) is 4.99 Å². The Kier molecular flexibility index (Phi) is 5.75. The second kappa shape index (κ2) is 8.19. The van der Waals surface area contributed by atoms with E-state index in [4.69, 9.17) is 27.9 Å². The Morgan fingerprint density at radius 1 is 0.920 bits per heavy atom. The van der Waals surface area contributed by atoms with E-state index in [1.54, 1.807) is 12.3 Å². The minimum absolute atomic E-state index is 0.424. The highest BCUT2D eigenvalue weighted by atomic mass is 35.5. The third kappa shape index (κ3) is 5.09. The summed E-state index contributed by atoms with van der Waals surface area (Å²) in [5.41, 5.74) is 3.91. The SMILES string of the molecule is Cc1ccc(N=Cc2cc(Cl)ccc2OCc2cccc(Cl)c2)cc1. The van der Waals surface area contributed by atoms with Crippen molar-refractivity contribution in [1.29, 1.82) is 0 Å². The summed E-state index contributed by atoms with van der Waals surface area (Å²) < 4.78 is 5.93. The van der Waals surface area contributed by atoms with Gasteiger partial charge in [-0.2, -0.15) is 0 Å².